The average Bonchev–Trinajstić information content (AvgIpc) is 2.54. The maximum Gasteiger partial charge on any atom is 0.338 e. The molecule has 0 radical (unpaired) electrons. The minimum Gasteiger partial charge on any atom is -0.462 e. The van der Waals surface area contributed by atoms with Crippen LogP contribution in [0.15, 0.2) is 24.3 Å². The van der Waals surface area contributed by atoms with E-state index in [1.165, 1.54) is 6.42 Å². The van der Waals surface area contributed by atoms with Crippen LogP contribution in [0, 0.1) is 0 Å². The lowest BCUT2D eigenvalue weighted by Crippen LogP contribution is -2.35. The van der Waals surface area contributed by atoms with E-state index in [0.29, 0.717) is 25.0 Å². The number of likely N-dealkylation sites (tertiary alicyclic amines) is 1. The van der Waals surface area contributed by atoms with E-state index in [9.17, 15) is 9.59 Å². The predicted octanol–water partition coefficient (Wildman–Crippen LogP) is 2.81. The molecule has 21 heavy (non-hydrogen) atoms. The van der Waals surface area contributed by atoms with Crippen LogP contribution in [0.5, 0.6) is 0 Å². The first-order valence-corrected chi connectivity index (χ1v) is 7.75. The van der Waals surface area contributed by atoms with Gasteiger partial charge in [-0.2, -0.15) is 0 Å². The van der Waals surface area contributed by atoms with Crippen molar-refractivity contribution in [3.8, 4) is 0 Å². The molecule has 1 aliphatic heterocycles. The van der Waals surface area contributed by atoms with Crippen LogP contribution in [-0.4, -0.2) is 36.5 Å². The summed E-state index contributed by atoms with van der Waals surface area (Å²) in [6.07, 6.45) is 4.46. The number of ether oxygens (including phenoxy) is 1. The fraction of sp³-hybridized carbons (Fsp3) is 0.529. The summed E-state index contributed by atoms with van der Waals surface area (Å²) in [6, 6.07) is 7.38. The predicted molar refractivity (Wildman–Crippen MR) is 81.2 cm³/mol. The zero-order chi connectivity index (χ0) is 15.1. The first kappa shape index (κ1) is 15.5. The number of piperidine rings is 1. The van der Waals surface area contributed by atoms with E-state index < -0.39 is 0 Å². The lowest BCUT2D eigenvalue weighted by Gasteiger charge is -2.26. The number of amides is 1. The number of esters is 1. The molecule has 0 bridgehead atoms. The van der Waals surface area contributed by atoms with Crippen molar-refractivity contribution in [2.45, 2.75) is 39.0 Å². The van der Waals surface area contributed by atoms with Gasteiger partial charge in [-0.1, -0.05) is 18.2 Å². The smallest absolute Gasteiger partial charge is 0.338 e. The minimum atomic E-state index is -0.307. The Kier molecular flexibility index (Phi) is 5.78. The van der Waals surface area contributed by atoms with Crippen molar-refractivity contribution in [2.24, 2.45) is 0 Å². The summed E-state index contributed by atoms with van der Waals surface area (Å²) >= 11 is 0. The molecular formula is C17H23NO3. The van der Waals surface area contributed by atoms with E-state index in [4.69, 9.17) is 4.74 Å². The number of rotatable bonds is 5. The van der Waals surface area contributed by atoms with E-state index in [2.05, 4.69) is 0 Å². The SMILES string of the molecule is CCOC(=O)c1ccccc1CCC(=O)N1CCCCC1. The summed E-state index contributed by atoms with van der Waals surface area (Å²) < 4.78 is 5.06. The Morgan fingerprint density at radius 1 is 1.14 bits per heavy atom. The number of hydrogen-bond acceptors (Lipinski definition) is 3. The molecule has 4 nitrogen and oxygen atoms in total. The van der Waals surface area contributed by atoms with Crippen molar-refractivity contribution in [3.05, 3.63) is 35.4 Å². The second kappa shape index (κ2) is 7.81. The Labute approximate surface area is 126 Å². The summed E-state index contributed by atoms with van der Waals surface area (Å²) in [5, 5.41) is 0. The summed E-state index contributed by atoms with van der Waals surface area (Å²) in [5.41, 5.74) is 1.46. The van der Waals surface area contributed by atoms with Crippen molar-refractivity contribution in [3.63, 3.8) is 0 Å². The highest BCUT2D eigenvalue weighted by Crippen LogP contribution is 2.15. The molecule has 0 spiro atoms. The molecule has 1 amide bonds. The van der Waals surface area contributed by atoms with Crippen LogP contribution in [0.3, 0.4) is 0 Å². The van der Waals surface area contributed by atoms with Gasteiger partial charge in [-0.25, -0.2) is 4.79 Å². The van der Waals surface area contributed by atoms with Gasteiger partial charge in [0.1, 0.15) is 0 Å². The largest absolute Gasteiger partial charge is 0.462 e. The molecule has 1 heterocycles. The maximum absolute atomic E-state index is 12.2. The molecule has 0 unspecified atom stereocenters. The minimum absolute atomic E-state index is 0.188. The van der Waals surface area contributed by atoms with Crippen LogP contribution in [0.4, 0.5) is 0 Å². The van der Waals surface area contributed by atoms with Gasteiger partial charge in [-0.3, -0.25) is 4.79 Å². The molecule has 2 rings (SSSR count). The Morgan fingerprint density at radius 2 is 1.86 bits per heavy atom. The van der Waals surface area contributed by atoms with Crippen molar-refractivity contribution in [2.75, 3.05) is 19.7 Å². The molecule has 0 aromatic heterocycles. The third kappa shape index (κ3) is 4.31. The molecule has 1 aromatic rings. The highest BCUT2D eigenvalue weighted by atomic mass is 16.5. The first-order valence-electron chi connectivity index (χ1n) is 7.75. The fourth-order valence-electron chi connectivity index (χ4n) is 2.69. The second-order valence-corrected chi connectivity index (χ2v) is 5.32. The fourth-order valence-corrected chi connectivity index (χ4v) is 2.69. The topological polar surface area (TPSA) is 46.6 Å². The Balaban J connectivity index is 1.96. The number of hydrogen-bond donors (Lipinski definition) is 0. The molecule has 4 heteroatoms. The van der Waals surface area contributed by atoms with E-state index in [0.717, 1.165) is 31.5 Å². The van der Waals surface area contributed by atoms with Crippen LogP contribution in [0.2, 0.25) is 0 Å². The van der Waals surface area contributed by atoms with Gasteiger partial charge < -0.3 is 9.64 Å². The average molecular weight is 289 g/mol. The van der Waals surface area contributed by atoms with Gasteiger partial charge in [-0.05, 0) is 44.2 Å². The lowest BCUT2D eigenvalue weighted by atomic mass is 10.0. The van der Waals surface area contributed by atoms with Crippen molar-refractivity contribution in [1.29, 1.82) is 0 Å². The third-order valence-electron chi connectivity index (χ3n) is 3.83. The van der Waals surface area contributed by atoms with Gasteiger partial charge >= 0.3 is 5.97 Å². The Bertz CT molecular complexity index is 493. The van der Waals surface area contributed by atoms with E-state index in [1.807, 2.05) is 23.1 Å². The summed E-state index contributed by atoms with van der Waals surface area (Å²) in [7, 11) is 0. The van der Waals surface area contributed by atoms with Crippen LogP contribution in [0.25, 0.3) is 0 Å². The molecule has 0 saturated carbocycles. The molecule has 1 aromatic carbocycles. The molecule has 114 valence electrons. The number of benzene rings is 1. The number of carbonyl (C=O) groups is 2. The standard InChI is InChI=1S/C17H23NO3/c1-2-21-17(20)15-9-5-4-8-14(15)10-11-16(19)18-12-6-3-7-13-18/h4-5,8-9H,2-3,6-7,10-13H2,1H3. The monoisotopic (exact) mass is 289 g/mol. The first-order chi connectivity index (χ1) is 10.2. The zero-order valence-corrected chi connectivity index (χ0v) is 12.6. The number of aryl methyl sites for hydroxylation is 1. The van der Waals surface area contributed by atoms with E-state index >= 15 is 0 Å². The molecule has 0 atom stereocenters. The van der Waals surface area contributed by atoms with Gasteiger partial charge in [0.2, 0.25) is 5.91 Å². The molecular weight excluding hydrogens is 266 g/mol. The number of nitrogens with zero attached hydrogens (tertiary/aromatic N) is 1. The van der Waals surface area contributed by atoms with Gasteiger partial charge in [-0.15, -0.1) is 0 Å². The highest BCUT2D eigenvalue weighted by Gasteiger charge is 2.18. The number of carbonyl (C=O) groups excluding carboxylic acids is 2. The Morgan fingerprint density at radius 3 is 2.57 bits per heavy atom. The third-order valence-corrected chi connectivity index (χ3v) is 3.83. The van der Waals surface area contributed by atoms with Crippen LogP contribution < -0.4 is 0 Å². The van der Waals surface area contributed by atoms with Gasteiger partial charge in [0.25, 0.3) is 0 Å². The van der Waals surface area contributed by atoms with E-state index in [1.54, 1.807) is 13.0 Å². The molecule has 1 fully saturated rings. The van der Waals surface area contributed by atoms with Crippen molar-refractivity contribution < 1.29 is 14.3 Å². The lowest BCUT2D eigenvalue weighted by molar-refractivity contribution is -0.132. The molecule has 1 aliphatic rings. The van der Waals surface area contributed by atoms with Gasteiger partial charge in [0.15, 0.2) is 0 Å². The van der Waals surface area contributed by atoms with Crippen LogP contribution >= 0.6 is 0 Å². The van der Waals surface area contributed by atoms with Gasteiger partial charge in [0.05, 0.1) is 12.2 Å². The zero-order valence-electron chi connectivity index (χ0n) is 12.6. The molecule has 0 N–H and O–H groups in total. The van der Waals surface area contributed by atoms with Gasteiger partial charge in [0, 0.05) is 19.5 Å². The van der Waals surface area contributed by atoms with Crippen molar-refractivity contribution >= 4 is 11.9 Å². The quantitative estimate of drug-likeness (QED) is 0.783. The van der Waals surface area contributed by atoms with E-state index in [-0.39, 0.29) is 11.9 Å². The second-order valence-electron chi connectivity index (χ2n) is 5.32. The normalized spacial score (nSPS) is 14.8. The van der Waals surface area contributed by atoms with Crippen molar-refractivity contribution in [1.82, 2.24) is 4.90 Å². The maximum atomic E-state index is 12.2. The highest BCUT2D eigenvalue weighted by molar-refractivity contribution is 5.91. The molecule has 1 saturated heterocycles. The Hall–Kier alpha value is -1.84. The van der Waals surface area contributed by atoms with Crippen LogP contribution in [0.1, 0.15) is 48.5 Å². The summed E-state index contributed by atoms with van der Waals surface area (Å²) in [4.78, 5) is 26.0. The summed E-state index contributed by atoms with van der Waals surface area (Å²) in [5.74, 6) is -0.119. The summed E-state index contributed by atoms with van der Waals surface area (Å²) in [6.45, 7) is 3.90. The van der Waals surface area contributed by atoms with Crippen LogP contribution in [-0.2, 0) is 16.0 Å². The molecule has 0 aliphatic carbocycles.